The van der Waals surface area contributed by atoms with Crippen LogP contribution in [-0.2, 0) is 0 Å². The molecule has 2 N–H and O–H groups in total. The number of fused-ring (bicyclic) bond motifs is 1. The van der Waals surface area contributed by atoms with Crippen molar-refractivity contribution in [3.8, 4) is 5.75 Å². The SMILES string of the molecule is CC.CC.[B]N=Nc1ccc2ccc(NN(C)C)c(OC(C)=N)c2c1. The first kappa shape index (κ1) is 22.6. The number of rotatable bonds is 4. The highest BCUT2D eigenvalue weighted by Crippen LogP contribution is 2.36. The second-order valence-corrected chi connectivity index (χ2v) is 4.73. The number of hydrazine groups is 1. The fourth-order valence-corrected chi connectivity index (χ4v) is 2.00. The molecule has 134 valence electrons. The maximum absolute atomic E-state index is 7.60. The Bertz CT molecular complexity index is 701. The third kappa shape index (κ3) is 6.93. The number of ether oxygens (including phenoxy) is 1. The van der Waals surface area contributed by atoms with E-state index in [-0.39, 0.29) is 5.90 Å². The predicted octanol–water partition coefficient (Wildman–Crippen LogP) is 5.32. The molecule has 0 unspecified atom stereocenters. The van der Waals surface area contributed by atoms with Gasteiger partial charge in [0, 0.05) is 26.4 Å². The molecule has 0 amide bonds. The van der Waals surface area contributed by atoms with E-state index in [0.29, 0.717) is 11.4 Å². The molecule has 0 saturated heterocycles. The second-order valence-electron chi connectivity index (χ2n) is 4.73. The van der Waals surface area contributed by atoms with Crippen molar-refractivity contribution in [3.05, 3.63) is 30.3 Å². The molecule has 2 radical (unpaired) electrons. The Kier molecular flexibility index (Phi) is 10.9. The summed E-state index contributed by atoms with van der Waals surface area (Å²) in [6.07, 6.45) is 0. The molecule has 0 saturated carbocycles. The minimum absolute atomic E-state index is 0.107. The summed E-state index contributed by atoms with van der Waals surface area (Å²) >= 11 is 0. The zero-order chi connectivity index (χ0) is 19.4. The summed E-state index contributed by atoms with van der Waals surface area (Å²) in [7, 11) is 8.85. The Balaban J connectivity index is 0.00000134. The Hall–Kier alpha value is -2.41. The third-order valence-electron chi connectivity index (χ3n) is 2.73. The average Bonchev–Trinajstić information content (AvgIpc) is 2.60. The van der Waals surface area contributed by atoms with Gasteiger partial charge in [-0.05, 0) is 23.6 Å². The highest BCUT2D eigenvalue weighted by atomic mass is 16.5. The van der Waals surface area contributed by atoms with E-state index >= 15 is 0 Å². The van der Waals surface area contributed by atoms with Gasteiger partial charge in [0.2, 0.25) is 0 Å². The van der Waals surface area contributed by atoms with Gasteiger partial charge in [-0.25, -0.2) is 5.01 Å². The van der Waals surface area contributed by atoms with Gasteiger partial charge in [0.15, 0.2) is 11.6 Å². The number of hydrogen-bond donors (Lipinski definition) is 2. The molecule has 7 heteroatoms. The van der Waals surface area contributed by atoms with Crippen LogP contribution in [-0.4, -0.2) is 33.0 Å². The van der Waals surface area contributed by atoms with Crippen molar-refractivity contribution < 1.29 is 4.74 Å². The van der Waals surface area contributed by atoms with E-state index in [0.717, 1.165) is 16.5 Å². The molecule has 0 bridgehead atoms. The lowest BCUT2D eigenvalue weighted by Gasteiger charge is -2.18. The minimum Gasteiger partial charge on any atom is -0.441 e. The van der Waals surface area contributed by atoms with Crippen LogP contribution in [0, 0.1) is 5.41 Å². The molecule has 0 heterocycles. The molecule has 0 aliphatic heterocycles. The summed E-state index contributed by atoms with van der Waals surface area (Å²) in [6, 6.07) is 9.43. The van der Waals surface area contributed by atoms with Crippen LogP contribution in [0.5, 0.6) is 5.75 Å². The first-order valence-corrected chi connectivity index (χ1v) is 8.36. The number of anilines is 1. The van der Waals surface area contributed by atoms with Crippen LogP contribution in [0.25, 0.3) is 10.8 Å². The van der Waals surface area contributed by atoms with E-state index in [1.54, 1.807) is 11.9 Å². The number of benzene rings is 2. The molecule has 0 fully saturated rings. The Morgan fingerprint density at radius 3 is 2.24 bits per heavy atom. The maximum Gasteiger partial charge on any atom is 0.293 e. The Labute approximate surface area is 152 Å². The zero-order valence-corrected chi connectivity index (χ0v) is 16.2. The molecule has 0 aliphatic carbocycles. The van der Waals surface area contributed by atoms with E-state index in [1.165, 1.54) is 0 Å². The van der Waals surface area contributed by atoms with Crippen molar-refractivity contribution in [1.82, 2.24) is 5.01 Å². The second kappa shape index (κ2) is 12.0. The third-order valence-corrected chi connectivity index (χ3v) is 2.73. The molecular formula is C18H28BN5O. The molecule has 0 spiro atoms. The molecule has 2 aromatic carbocycles. The Morgan fingerprint density at radius 2 is 1.72 bits per heavy atom. The van der Waals surface area contributed by atoms with Crippen molar-refractivity contribution >= 4 is 36.0 Å². The lowest BCUT2D eigenvalue weighted by Crippen LogP contribution is -2.20. The molecule has 6 nitrogen and oxygen atoms in total. The van der Waals surface area contributed by atoms with Gasteiger partial charge in [0.25, 0.3) is 7.98 Å². The lowest BCUT2D eigenvalue weighted by atomic mass is 10.1. The molecule has 0 aromatic heterocycles. The van der Waals surface area contributed by atoms with E-state index in [4.69, 9.17) is 18.1 Å². The number of nitrogens with zero attached hydrogens (tertiary/aromatic N) is 3. The predicted molar refractivity (Wildman–Crippen MR) is 108 cm³/mol. The summed E-state index contributed by atoms with van der Waals surface area (Å²) in [5.74, 6) is 0.679. The zero-order valence-electron chi connectivity index (χ0n) is 16.2. The smallest absolute Gasteiger partial charge is 0.293 e. The fraction of sp³-hybridized carbons (Fsp3) is 0.389. The summed E-state index contributed by atoms with van der Waals surface area (Å²) in [4.78, 5) is 0. The van der Waals surface area contributed by atoms with E-state index in [9.17, 15) is 0 Å². The van der Waals surface area contributed by atoms with Gasteiger partial charge < -0.3 is 10.2 Å². The van der Waals surface area contributed by atoms with Crippen LogP contribution >= 0.6 is 0 Å². The highest BCUT2D eigenvalue weighted by Gasteiger charge is 2.11. The van der Waals surface area contributed by atoms with Crippen LogP contribution in [0.3, 0.4) is 0 Å². The first-order chi connectivity index (χ1) is 12.0. The van der Waals surface area contributed by atoms with Gasteiger partial charge in [-0.3, -0.25) is 10.4 Å². The summed E-state index contributed by atoms with van der Waals surface area (Å²) < 4.78 is 5.58. The van der Waals surface area contributed by atoms with Crippen LogP contribution in [0.1, 0.15) is 34.6 Å². The van der Waals surface area contributed by atoms with E-state index in [1.807, 2.05) is 72.1 Å². The number of hydrogen-bond acceptors (Lipinski definition) is 6. The van der Waals surface area contributed by atoms with Crippen molar-refractivity contribution in [2.24, 2.45) is 10.1 Å². The first-order valence-electron chi connectivity index (χ1n) is 8.36. The van der Waals surface area contributed by atoms with E-state index in [2.05, 4.69) is 15.6 Å². The van der Waals surface area contributed by atoms with Crippen LogP contribution in [0.15, 0.2) is 40.5 Å². The molecule has 0 aliphatic rings. The van der Waals surface area contributed by atoms with Crippen LogP contribution < -0.4 is 10.2 Å². The minimum atomic E-state index is 0.107. The Morgan fingerprint density at radius 1 is 1.12 bits per heavy atom. The summed E-state index contributed by atoms with van der Waals surface area (Å²) in [5, 5.41) is 18.3. The fourth-order valence-electron chi connectivity index (χ4n) is 2.00. The van der Waals surface area contributed by atoms with Gasteiger partial charge in [-0.1, -0.05) is 39.8 Å². The molecule has 2 aromatic rings. The standard InChI is InChI=1S/C14H16BN5O.2C2H6/c1-9(16)21-14-12-8-11(17-19-15)6-4-10(12)5-7-13(14)18-20(2)3;2*1-2/h4-8,16,18H,1-3H3;2*1-2H3. The number of nitrogens with one attached hydrogen (secondary N) is 2. The molecular weight excluding hydrogens is 313 g/mol. The lowest BCUT2D eigenvalue weighted by molar-refractivity contribution is 0.485. The van der Waals surface area contributed by atoms with Gasteiger partial charge >= 0.3 is 0 Å². The maximum atomic E-state index is 7.60. The largest absolute Gasteiger partial charge is 0.441 e. The van der Waals surface area contributed by atoms with Gasteiger partial charge in [0.05, 0.1) is 11.4 Å². The summed E-state index contributed by atoms with van der Waals surface area (Å²) in [6.45, 7) is 9.59. The van der Waals surface area contributed by atoms with Gasteiger partial charge in [0.1, 0.15) is 0 Å². The monoisotopic (exact) mass is 341 g/mol. The molecule has 2 rings (SSSR count). The molecule has 0 atom stereocenters. The summed E-state index contributed by atoms with van der Waals surface area (Å²) in [5.41, 5.74) is 4.54. The van der Waals surface area contributed by atoms with Crippen molar-refractivity contribution in [1.29, 1.82) is 5.41 Å². The quantitative estimate of drug-likeness (QED) is 0.260. The van der Waals surface area contributed by atoms with Crippen molar-refractivity contribution in [3.63, 3.8) is 0 Å². The van der Waals surface area contributed by atoms with Crippen molar-refractivity contribution in [2.75, 3.05) is 19.5 Å². The van der Waals surface area contributed by atoms with Crippen molar-refractivity contribution in [2.45, 2.75) is 34.6 Å². The highest BCUT2D eigenvalue weighted by molar-refractivity contribution is 6.05. The topological polar surface area (TPSA) is 73.1 Å². The van der Waals surface area contributed by atoms with E-state index < -0.39 is 0 Å². The normalized spacial score (nSPS) is 9.92. The van der Waals surface area contributed by atoms with Gasteiger partial charge in [-0.2, -0.15) is 5.11 Å². The van der Waals surface area contributed by atoms with Crippen LogP contribution in [0.4, 0.5) is 11.4 Å². The average molecular weight is 341 g/mol. The van der Waals surface area contributed by atoms with Crippen LogP contribution in [0.2, 0.25) is 0 Å². The molecule has 25 heavy (non-hydrogen) atoms. The van der Waals surface area contributed by atoms with Gasteiger partial charge in [-0.15, -0.1) is 0 Å².